The molecule has 0 bridgehead atoms. The number of aromatic amines is 3. The molecular formula is C26H13N3O4. The van der Waals surface area contributed by atoms with Gasteiger partial charge in [0, 0.05) is 54.1 Å². The van der Waals surface area contributed by atoms with Crippen molar-refractivity contribution in [2.75, 3.05) is 0 Å². The Balaban J connectivity index is 1.91. The molecule has 0 atom stereocenters. The molecule has 0 saturated carbocycles. The van der Waals surface area contributed by atoms with Crippen LogP contribution in [0.1, 0.15) is 12.5 Å². The molecule has 0 amide bonds. The molecule has 156 valence electrons. The van der Waals surface area contributed by atoms with Crippen molar-refractivity contribution >= 4 is 75.7 Å². The number of H-pyrrole nitrogens is 3. The molecule has 0 aliphatic carbocycles. The molecule has 0 spiro atoms. The van der Waals surface area contributed by atoms with Crippen molar-refractivity contribution in [1.82, 2.24) is 15.0 Å². The van der Waals surface area contributed by atoms with Crippen LogP contribution in [0, 0.1) is 0 Å². The number of nitrogens with one attached hydrogen (secondary N) is 3. The van der Waals surface area contributed by atoms with Crippen molar-refractivity contribution < 1.29 is 0 Å². The van der Waals surface area contributed by atoms with Crippen molar-refractivity contribution in [2.45, 2.75) is 13.3 Å². The van der Waals surface area contributed by atoms with Crippen LogP contribution in [0.2, 0.25) is 0 Å². The van der Waals surface area contributed by atoms with Crippen LogP contribution in [0.4, 0.5) is 0 Å². The fraction of sp³-hybridized carbons (Fsp3) is 0.0769. The zero-order chi connectivity index (χ0) is 22.3. The Hall–Kier alpha value is -4.52. The molecule has 8 aromatic rings. The van der Waals surface area contributed by atoms with Crippen LogP contribution in [0.3, 0.4) is 0 Å². The SMILES string of the molecule is CCc1cc2c(=O)[nH]c(=O)c3cc4[nH]c5cc6c(=O)[nH]c(=O)c7ccc8c1c(c23)c4c5c8c76. The first-order valence-corrected chi connectivity index (χ1v) is 10.8. The second kappa shape index (κ2) is 5.10. The Kier molecular flexibility index (Phi) is 2.64. The zero-order valence-corrected chi connectivity index (χ0v) is 17.2. The zero-order valence-electron chi connectivity index (χ0n) is 17.2. The number of rotatable bonds is 1. The van der Waals surface area contributed by atoms with E-state index in [9.17, 15) is 19.2 Å². The summed E-state index contributed by atoms with van der Waals surface area (Å²) in [5, 5.41) is 8.66. The van der Waals surface area contributed by atoms with Crippen molar-refractivity contribution in [2.24, 2.45) is 0 Å². The van der Waals surface area contributed by atoms with Gasteiger partial charge < -0.3 is 4.98 Å². The van der Waals surface area contributed by atoms with E-state index in [-0.39, 0.29) is 0 Å². The Morgan fingerprint density at radius 1 is 0.515 bits per heavy atom. The Bertz CT molecular complexity index is 2360. The molecule has 33 heavy (non-hydrogen) atoms. The topological polar surface area (TPSA) is 116 Å². The van der Waals surface area contributed by atoms with Crippen molar-refractivity contribution in [1.29, 1.82) is 0 Å². The predicted octanol–water partition coefficient (Wildman–Crippen LogP) is 3.50. The Morgan fingerprint density at radius 3 is 1.67 bits per heavy atom. The average Bonchev–Trinajstić information content (AvgIpc) is 3.18. The van der Waals surface area contributed by atoms with Gasteiger partial charge in [0.15, 0.2) is 0 Å². The number of hydrogen-bond acceptors (Lipinski definition) is 4. The maximum absolute atomic E-state index is 12.8. The van der Waals surface area contributed by atoms with Crippen LogP contribution >= 0.6 is 0 Å². The maximum atomic E-state index is 12.8. The minimum atomic E-state index is -0.421. The minimum Gasteiger partial charge on any atom is -0.354 e. The van der Waals surface area contributed by atoms with E-state index in [2.05, 4.69) is 15.0 Å². The van der Waals surface area contributed by atoms with E-state index in [1.165, 1.54) is 0 Å². The van der Waals surface area contributed by atoms with Gasteiger partial charge in [-0.15, -0.1) is 0 Å². The summed E-state index contributed by atoms with van der Waals surface area (Å²) in [4.78, 5) is 59.3. The Morgan fingerprint density at radius 2 is 1.03 bits per heavy atom. The first-order valence-electron chi connectivity index (χ1n) is 10.8. The van der Waals surface area contributed by atoms with E-state index in [0.717, 1.165) is 48.9 Å². The van der Waals surface area contributed by atoms with Gasteiger partial charge in [-0.2, -0.15) is 0 Å². The number of benzene rings is 5. The van der Waals surface area contributed by atoms with E-state index < -0.39 is 22.2 Å². The summed E-state index contributed by atoms with van der Waals surface area (Å²) >= 11 is 0. The van der Waals surface area contributed by atoms with Gasteiger partial charge in [-0.3, -0.25) is 29.1 Å². The van der Waals surface area contributed by atoms with E-state index in [0.29, 0.717) is 38.7 Å². The normalized spacial score (nSPS) is 13.0. The number of aryl methyl sites for hydroxylation is 1. The number of pyridine rings is 2. The molecule has 3 N–H and O–H groups in total. The summed E-state index contributed by atoms with van der Waals surface area (Å²) in [6, 6.07) is 9.11. The highest BCUT2D eigenvalue weighted by molar-refractivity contribution is 6.45. The first-order chi connectivity index (χ1) is 16.0. The van der Waals surface area contributed by atoms with Gasteiger partial charge in [0.05, 0.1) is 10.8 Å². The predicted molar refractivity (Wildman–Crippen MR) is 131 cm³/mol. The molecule has 0 radical (unpaired) electrons. The lowest BCUT2D eigenvalue weighted by Crippen LogP contribution is -2.20. The standard InChI is InChI=1S/C26H13N3O4/c1-2-8-5-11-18-13(26(33)29-24(11)31)7-15-21-20-14(27-15)6-12-17-10(23(30)28-25(12)32)4-3-9(19(17)20)16(8)22(18)21/h3-7,27H,2H2,1H3,(H,28,30,32)(H,29,31,33). The lowest BCUT2D eigenvalue weighted by molar-refractivity contribution is 1.16. The van der Waals surface area contributed by atoms with Gasteiger partial charge >= 0.3 is 0 Å². The lowest BCUT2D eigenvalue weighted by atomic mass is 9.84. The van der Waals surface area contributed by atoms with E-state index >= 15 is 0 Å². The van der Waals surface area contributed by atoms with E-state index in [4.69, 9.17) is 0 Å². The van der Waals surface area contributed by atoms with E-state index in [1.807, 2.05) is 19.1 Å². The van der Waals surface area contributed by atoms with Crippen LogP contribution in [0.15, 0.2) is 49.5 Å². The third kappa shape index (κ3) is 1.70. The highest BCUT2D eigenvalue weighted by Gasteiger charge is 2.26. The van der Waals surface area contributed by atoms with Crippen molar-refractivity contribution in [3.63, 3.8) is 0 Å². The summed E-state index contributed by atoms with van der Waals surface area (Å²) in [5.74, 6) is 0. The molecule has 0 aliphatic heterocycles. The van der Waals surface area contributed by atoms with Crippen molar-refractivity contribution in [3.8, 4) is 0 Å². The minimum absolute atomic E-state index is 0.391. The van der Waals surface area contributed by atoms with Gasteiger partial charge in [-0.25, -0.2) is 0 Å². The molecule has 0 fully saturated rings. The van der Waals surface area contributed by atoms with Gasteiger partial charge in [0.25, 0.3) is 22.2 Å². The van der Waals surface area contributed by atoms with Gasteiger partial charge in [0.2, 0.25) is 0 Å². The van der Waals surface area contributed by atoms with Crippen molar-refractivity contribution in [3.05, 3.63) is 77.3 Å². The highest BCUT2D eigenvalue weighted by Crippen LogP contribution is 2.48. The molecule has 8 rings (SSSR count). The molecule has 3 heterocycles. The third-order valence-electron chi connectivity index (χ3n) is 7.37. The second-order valence-electron chi connectivity index (χ2n) is 8.86. The largest absolute Gasteiger partial charge is 0.354 e. The summed E-state index contributed by atoms with van der Waals surface area (Å²) in [7, 11) is 0. The maximum Gasteiger partial charge on any atom is 0.258 e. The average molecular weight is 431 g/mol. The third-order valence-corrected chi connectivity index (χ3v) is 7.37. The van der Waals surface area contributed by atoms with Crippen LogP contribution in [-0.2, 0) is 6.42 Å². The molecule has 3 aromatic heterocycles. The molecule has 0 aliphatic rings. The first kappa shape index (κ1) is 17.1. The highest BCUT2D eigenvalue weighted by atomic mass is 16.2. The Labute approximate surface area is 181 Å². The molecule has 0 saturated heterocycles. The molecule has 0 unspecified atom stereocenters. The fourth-order valence-corrected chi connectivity index (χ4v) is 6.12. The van der Waals surface area contributed by atoms with Gasteiger partial charge in [0.1, 0.15) is 0 Å². The van der Waals surface area contributed by atoms with Crippen LogP contribution in [-0.4, -0.2) is 15.0 Å². The molecule has 5 aromatic carbocycles. The van der Waals surface area contributed by atoms with Crippen LogP contribution in [0.25, 0.3) is 75.7 Å². The van der Waals surface area contributed by atoms with E-state index in [1.54, 1.807) is 18.2 Å². The van der Waals surface area contributed by atoms with Gasteiger partial charge in [-0.05, 0) is 47.0 Å². The van der Waals surface area contributed by atoms with Crippen LogP contribution < -0.4 is 22.2 Å². The van der Waals surface area contributed by atoms with Crippen LogP contribution in [0.5, 0.6) is 0 Å². The number of hydrogen-bond donors (Lipinski definition) is 3. The van der Waals surface area contributed by atoms with Gasteiger partial charge in [-0.1, -0.05) is 13.0 Å². The molecular weight excluding hydrogens is 418 g/mol. The molecule has 7 heteroatoms. The fourth-order valence-electron chi connectivity index (χ4n) is 6.12. The quantitative estimate of drug-likeness (QED) is 0.272. The summed E-state index contributed by atoms with van der Waals surface area (Å²) in [6.45, 7) is 2.03. The summed E-state index contributed by atoms with van der Waals surface area (Å²) < 4.78 is 0. The summed E-state index contributed by atoms with van der Waals surface area (Å²) in [6.07, 6.45) is 0.677. The number of aromatic nitrogens is 3. The second-order valence-corrected chi connectivity index (χ2v) is 8.86. The number of fused-ring (bicyclic) bond motifs is 1. The smallest absolute Gasteiger partial charge is 0.258 e. The monoisotopic (exact) mass is 431 g/mol. The lowest BCUT2D eigenvalue weighted by Gasteiger charge is -2.18. The molecule has 7 nitrogen and oxygen atoms in total. The summed E-state index contributed by atoms with van der Waals surface area (Å²) in [5.41, 5.74) is 0.867.